The van der Waals surface area contributed by atoms with Gasteiger partial charge in [-0.3, -0.25) is 4.79 Å². The average molecular weight is 446 g/mol. The van der Waals surface area contributed by atoms with Crippen LogP contribution < -0.4 is 9.64 Å². The van der Waals surface area contributed by atoms with Gasteiger partial charge in [0.1, 0.15) is 6.10 Å². The Morgan fingerprint density at radius 1 is 1.03 bits per heavy atom. The van der Waals surface area contributed by atoms with Crippen LogP contribution in [0.2, 0.25) is 0 Å². The molecule has 2 saturated heterocycles. The van der Waals surface area contributed by atoms with Gasteiger partial charge in [-0.2, -0.15) is 4.31 Å². The second kappa shape index (κ2) is 8.80. The number of amides is 1. The van der Waals surface area contributed by atoms with Crippen molar-refractivity contribution in [3.05, 3.63) is 42.0 Å². The Balaban J connectivity index is 1.36. The highest BCUT2D eigenvalue weighted by Crippen LogP contribution is 2.23. The zero-order chi connectivity index (χ0) is 22.0. The number of aromatic nitrogens is 2. The summed E-state index contributed by atoms with van der Waals surface area (Å²) in [6.45, 7) is 2.13. The van der Waals surface area contributed by atoms with Gasteiger partial charge in [0.25, 0.3) is 5.91 Å². The zero-order valence-corrected chi connectivity index (χ0v) is 18.6. The third-order valence-electron chi connectivity index (χ3n) is 5.61. The van der Waals surface area contributed by atoms with Crippen molar-refractivity contribution in [1.29, 1.82) is 0 Å². The van der Waals surface area contributed by atoms with Crippen molar-refractivity contribution in [3.63, 3.8) is 0 Å². The lowest BCUT2D eigenvalue weighted by molar-refractivity contribution is 0.0771. The summed E-state index contributed by atoms with van der Waals surface area (Å²) in [5.41, 5.74) is 0.469. The third-order valence-corrected chi connectivity index (χ3v) is 7.52. The van der Waals surface area contributed by atoms with Crippen LogP contribution in [0.4, 0.5) is 5.82 Å². The highest BCUT2D eigenvalue weighted by molar-refractivity contribution is 7.89. The normalized spacial score (nSPS) is 19.5. The molecule has 0 spiro atoms. The number of hydrogen-bond donors (Lipinski definition) is 0. The summed E-state index contributed by atoms with van der Waals surface area (Å²) in [5, 5.41) is 8.17. The maximum absolute atomic E-state index is 12.9. The Kier molecular flexibility index (Phi) is 6.10. The Morgan fingerprint density at radius 2 is 1.74 bits per heavy atom. The molecule has 1 aromatic carbocycles. The Morgan fingerprint density at radius 3 is 2.35 bits per heavy atom. The standard InChI is InChI=1S/C21H27N5O4S/c1-24(2)19-9-10-20(23-22-19)30-17-11-14-25(15-17)21(27)16-5-7-18(8-6-16)31(28,29)26-12-3-4-13-26/h5-10,17H,3-4,11-15H2,1-2H3. The first kappa shape index (κ1) is 21.5. The predicted octanol–water partition coefficient (Wildman–Crippen LogP) is 1.62. The molecule has 0 saturated carbocycles. The summed E-state index contributed by atoms with van der Waals surface area (Å²) in [6.07, 6.45) is 2.32. The number of anilines is 1. The molecule has 1 aromatic heterocycles. The molecule has 0 radical (unpaired) electrons. The molecule has 1 unspecified atom stereocenters. The van der Waals surface area contributed by atoms with Crippen molar-refractivity contribution in [3.8, 4) is 5.88 Å². The van der Waals surface area contributed by atoms with Crippen molar-refractivity contribution in [2.45, 2.75) is 30.3 Å². The van der Waals surface area contributed by atoms with Crippen LogP contribution in [0.1, 0.15) is 29.6 Å². The van der Waals surface area contributed by atoms with Crippen molar-refractivity contribution >= 4 is 21.7 Å². The summed E-state index contributed by atoms with van der Waals surface area (Å²) in [6, 6.07) is 9.82. The minimum absolute atomic E-state index is 0.134. The summed E-state index contributed by atoms with van der Waals surface area (Å²) in [7, 11) is 0.297. The number of nitrogens with zero attached hydrogens (tertiary/aromatic N) is 5. The molecule has 166 valence electrons. The van der Waals surface area contributed by atoms with E-state index in [1.165, 1.54) is 16.4 Å². The summed E-state index contributed by atoms with van der Waals surface area (Å²) < 4.78 is 32.7. The van der Waals surface area contributed by atoms with Crippen LogP contribution in [-0.4, -0.2) is 80.1 Å². The number of carbonyl (C=O) groups excluding carboxylic acids is 1. The fourth-order valence-corrected chi connectivity index (χ4v) is 5.34. The summed E-state index contributed by atoms with van der Waals surface area (Å²) in [5.74, 6) is 1.04. The Bertz CT molecular complexity index is 1020. The molecule has 4 rings (SSSR count). The van der Waals surface area contributed by atoms with Gasteiger partial charge in [-0.1, -0.05) is 0 Å². The molecule has 2 aliphatic rings. The number of likely N-dealkylation sites (tertiary alicyclic amines) is 1. The first-order valence-corrected chi connectivity index (χ1v) is 11.9. The van der Waals surface area contributed by atoms with Crippen molar-refractivity contribution in [2.24, 2.45) is 0 Å². The van der Waals surface area contributed by atoms with E-state index >= 15 is 0 Å². The lowest BCUT2D eigenvalue weighted by Crippen LogP contribution is -2.31. The molecule has 1 atom stereocenters. The number of rotatable bonds is 6. The van der Waals surface area contributed by atoms with Gasteiger partial charge in [-0.05, 0) is 43.2 Å². The van der Waals surface area contributed by atoms with Crippen molar-refractivity contribution in [2.75, 3.05) is 45.2 Å². The second-order valence-corrected chi connectivity index (χ2v) is 9.98. The van der Waals surface area contributed by atoms with E-state index in [2.05, 4.69) is 10.2 Å². The molecule has 9 nitrogen and oxygen atoms in total. The van der Waals surface area contributed by atoms with E-state index < -0.39 is 10.0 Å². The first-order chi connectivity index (χ1) is 14.8. The van der Waals surface area contributed by atoms with Crippen LogP contribution in [-0.2, 0) is 10.0 Å². The van der Waals surface area contributed by atoms with E-state index in [4.69, 9.17) is 4.74 Å². The minimum Gasteiger partial charge on any atom is -0.471 e. The van der Waals surface area contributed by atoms with Crippen LogP contribution in [0, 0.1) is 0 Å². The highest BCUT2D eigenvalue weighted by Gasteiger charge is 2.30. The molecule has 2 fully saturated rings. The SMILES string of the molecule is CN(C)c1ccc(OC2CCN(C(=O)c3ccc(S(=O)(=O)N4CCCC4)cc3)C2)nn1. The molecule has 0 N–H and O–H groups in total. The largest absolute Gasteiger partial charge is 0.471 e. The number of hydrogen-bond acceptors (Lipinski definition) is 7. The molecule has 1 amide bonds. The summed E-state index contributed by atoms with van der Waals surface area (Å²) in [4.78, 5) is 16.7. The number of sulfonamides is 1. The molecule has 0 bridgehead atoms. The second-order valence-electron chi connectivity index (χ2n) is 8.04. The van der Waals surface area contributed by atoms with Gasteiger partial charge < -0.3 is 14.5 Å². The monoisotopic (exact) mass is 445 g/mol. The van der Waals surface area contributed by atoms with E-state index in [-0.39, 0.29) is 16.9 Å². The van der Waals surface area contributed by atoms with Gasteiger partial charge in [0.05, 0.1) is 11.4 Å². The highest BCUT2D eigenvalue weighted by atomic mass is 32.2. The smallest absolute Gasteiger partial charge is 0.253 e. The minimum atomic E-state index is -3.48. The molecule has 2 aromatic rings. The number of ether oxygens (including phenoxy) is 1. The van der Waals surface area contributed by atoms with Gasteiger partial charge in [0.2, 0.25) is 15.9 Å². The average Bonchev–Trinajstić information content (AvgIpc) is 3.46. The van der Waals surface area contributed by atoms with Gasteiger partial charge in [-0.15, -0.1) is 10.2 Å². The molecule has 3 heterocycles. The lowest BCUT2D eigenvalue weighted by Gasteiger charge is -2.18. The van der Waals surface area contributed by atoms with Crippen LogP contribution in [0.15, 0.2) is 41.3 Å². The number of carbonyl (C=O) groups is 1. The first-order valence-electron chi connectivity index (χ1n) is 10.4. The molecular weight excluding hydrogens is 418 g/mol. The molecule has 31 heavy (non-hydrogen) atoms. The maximum Gasteiger partial charge on any atom is 0.253 e. The Labute approximate surface area is 182 Å². The molecular formula is C21H27N5O4S. The van der Waals surface area contributed by atoms with Gasteiger partial charge in [-0.25, -0.2) is 8.42 Å². The molecule has 2 aliphatic heterocycles. The van der Waals surface area contributed by atoms with E-state index in [1.807, 2.05) is 25.1 Å². The predicted molar refractivity (Wildman–Crippen MR) is 116 cm³/mol. The van der Waals surface area contributed by atoms with Gasteiger partial charge in [0, 0.05) is 51.8 Å². The van der Waals surface area contributed by atoms with Crippen molar-refractivity contribution in [1.82, 2.24) is 19.4 Å². The maximum atomic E-state index is 12.9. The van der Waals surface area contributed by atoms with E-state index in [1.54, 1.807) is 23.1 Å². The van der Waals surface area contributed by atoms with E-state index in [9.17, 15) is 13.2 Å². The van der Waals surface area contributed by atoms with Gasteiger partial charge >= 0.3 is 0 Å². The zero-order valence-electron chi connectivity index (χ0n) is 17.8. The van der Waals surface area contributed by atoms with Crippen molar-refractivity contribution < 1.29 is 17.9 Å². The number of benzene rings is 1. The molecule has 0 aliphatic carbocycles. The van der Waals surface area contributed by atoms with Gasteiger partial charge in [0.15, 0.2) is 5.82 Å². The van der Waals surface area contributed by atoms with E-state index in [0.717, 1.165) is 18.7 Å². The fourth-order valence-electron chi connectivity index (χ4n) is 3.82. The fraction of sp³-hybridized carbons (Fsp3) is 0.476. The molecule has 10 heteroatoms. The van der Waals surface area contributed by atoms with Crippen LogP contribution in [0.5, 0.6) is 5.88 Å². The van der Waals surface area contributed by atoms with E-state index in [0.29, 0.717) is 44.0 Å². The Hall–Kier alpha value is -2.72. The third kappa shape index (κ3) is 4.64. The van der Waals surface area contributed by atoms with Crippen LogP contribution in [0.3, 0.4) is 0 Å². The van der Waals surface area contributed by atoms with Crippen LogP contribution >= 0.6 is 0 Å². The topological polar surface area (TPSA) is 95.9 Å². The quantitative estimate of drug-likeness (QED) is 0.667. The lowest BCUT2D eigenvalue weighted by atomic mass is 10.2. The summed E-state index contributed by atoms with van der Waals surface area (Å²) >= 11 is 0. The van der Waals surface area contributed by atoms with Crippen LogP contribution in [0.25, 0.3) is 0 Å².